The zero-order chi connectivity index (χ0) is 14.8. The molecule has 2 nitrogen and oxygen atoms in total. The van der Waals surface area contributed by atoms with Crippen LogP contribution in [0.4, 0.5) is 0 Å². The minimum Gasteiger partial charge on any atom is -0.343 e. The predicted octanol–water partition coefficient (Wildman–Crippen LogP) is 4.03. The number of aromatic nitrogens is 1. The summed E-state index contributed by atoms with van der Waals surface area (Å²) in [5, 5.41) is 4.61. The Morgan fingerprint density at radius 1 is 0.952 bits per heavy atom. The van der Waals surface area contributed by atoms with E-state index in [2.05, 4.69) is 72.4 Å². The molecule has 1 aromatic heterocycles. The highest BCUT2D eigenvalue weighted by Crippen LogP contribution is 2.24. The SMILES string of the molecule is CNCc1cn(Cc2c(C)cccc2C)c2ccccc12. The fraction of sp³-hybridized carbons (Fsp3) is 0.263. The Hall–Kier alpha value is -2.06. The monoisotopic (exact) mass is 278 g/mol. The molecule has 108 valence electrons. The van der Waals surface area contributed by atoms with Crippen molar-refractivity contribution in [2.45, 2.75) is 26.9 Å². The lowest BCUT2D eigenvalue weighted by Crippen LogP contribution is -2.05. The molecule has 3 rings (SSSR count). The van der Waals surface area contributed by atoms with E-state index in [4.69, 9.17) is 0 Å². The van der Waals surface area contributed by atoms with Gasteiger partial charge in [-0.25, -0.2) is 0 Å². The zero-order valence-electron chi connectivity index (χ0n) is 13.0. The second kappa shape index (κ2) is 5.74. The second-order valence-electron chi connectivity index (χ2n) is 5.70. The van der Waals surface area contributed by atoms with Crippen molar-refractivity contribution in [3.8, 4) is 0 Å². The minimum absolute atomic E-state index is 0.903. The summed E-state index contributed by atoms with van der Waals surface area (Å²) in [7, 11) is 2.00. The van der Waals surface area contributed by atoms with E-state index in [9.17, 15) is 0 Å². The van der Waals surface area contributed by atoms with E-state index >= 15 is 0 Å². The Morgan fingerprint density at radius 2 is 1.67 bits per heavy atom. The Bertz CT molecular complexity index is 748. The molecule has 1 N–H and O–H groups in total. The van der Waals surface area contributed by atoms with Gasteiger partial charge >= 0.3 is 0 Å². The molecule has 0 aliphatic carbocycles. The van der Waals surface area contributed by atoms with Gasteiger partial charge in [0.1, 0.15) is 0 Å². The molecule has 0 unspecified atom stereocenters. The largest absolute Gasteiger partial charge is 0.343 e. The fourth-order valence-corrected chi connectivity index (χ4v) is 3.05. The predicted molar refractivity (Wildman–Crippen MR) is 89.7 cm³/mol. The summed E-state index contributed by atoms with van der Waals surface area (Å²) >= 11 is 0. The number of rotatable bonds is 4. The highest BCUT2D eigenvalue weighted by molar-refractivity contribution is 5.84. The summed E-state index contributed by atoms with van der Waals surface area (Å²) in [6.07, 6.45) is 2.28. The molecule has 3 aromatic rings. The summed E-state index contributed by atoms with van der Waals surface area (Å²) in [4.78, 5) is 0. The molecule has 1 heterocycles. The fourth-order valence-electron chi connectivity index (χ4n) is 3.05. The van der Waals surface area contributed by atoms with Crippen LogP contribution in [0.3, 0.4) is 0 Å². The maximum Gasteiger partial charge on any atom is 0.0486 e. The number of aryl methyl sites for hydroxylation is 2. The molecule has 0 atom stereocenters. The van der Waals surface area contributed by atoms with Gasteiger partial charge in [-0.1, -0.05) is 36.4 Å². The number of hydrogen-bond donors (Lipinski definition) is 1. The summed E-state index contributed by atoms with van der Waals surface area (Å²) in [5.74, 6) is 0. The molecule has 0 fully saturated rings. The average molecular weight is 278 g/mol. The van der Waals surface area contributed by atoms with Crippen LogP contribution >= 0.6 is 0 Å². The topological polar surface area (TPSA) is 17.0 Å². The van der Waals surface area contributed by atoms with Crippen LogP contribution in [-0.2, 0) is 13.1 Å². The first-order valence-corrected chi connectivity index (χ1v) is 7.47. The van der Waals surface area contributed by atoms with Gasteiger partial charge in [0, 0.05) is 30.2 Å². The number of nitrogens with one attached hydrogen (secondary N) is 1. The van der Waals surface area contributed by atoms with Crippen molar-refractivity contribution in [2.75, 3.05) is 7.05 Å². The van der Waals surface area contributed by atoms with E-state index in [0.29, 0.717) is 0 Å². The van der Waals surface area contributed by atoms with Gasteiger partial charge in [-0.15, -0.1) is 0 Å². The van der Waals surface area contributed by atoms with Crippen LogP contribution < -0.4 is 5.32 Å². The van der Waals surface area contributed by atoms with Crippen molar-refractivity contribution in [1.29, 1.82) is 0 Å². The van der Waals surface area contributed by atoms with Gasteiger partial charge in [0.05, 0.1) is 0 Å². The van der Waals surface area contributed by atoms with E-state index in [1.807, 2.05) is 7.05 Å². The average Bonchev–Trinajstić information content (AvgIpc) is 2.82. The van der Waals surface area contributed by atoms with E-state index < -0.39 is 0 Å². The first kappa shape index (κ1) is 13.9. The summed E-state index contributed by atoms with van der Waals surface area (Å²) in [6.45, 7) is 6.23. The van der Waals surface area contributed by atoms with Gasteiger partial charge in [-0.05, 0) is 49.2 Å². The zero-order valence-corrected chi connectivity index (χ0v) is 13.0. The van der Waals surface area contributed by atoms with Crippen molar-refractivity contribution in [3.63, 3.8) is 0 Å². The summed E-state index contributed by atoms with van der Waals surface area (Å²) in [5.41, 5.74) is 6.82. The first-order chi connectivity index (χ1) is 10.2. The van der Waals surface area contributed by atoms with Gasteiger partial charge in [0.2, 0.25) is 0 Å². The Balaban J connectivity index is 2.09. The van der Waals surface area contributed by atoms with Gasteiger partial charge < -0.3 is 9.88 Å². The molecule has 0 radical (unpaired) electrons. The number of benzene rings is 2. The van der Waals surface area contributed by atoms with Gasteiger partial charge in [0.15, 0.2) is 0 Å². The molecule has 2 heteroatoms. The Morgan fingerprint density at radius 3 is 2.38 bits per heavy atom. The maximum absolute atomic E-state index is 3.26. The Kier molecular flexibility index (Phi) is 3.80. The normalized spacial score (nSPS) is 11.2. The van der Waals surface area contributed by atoms with Crippen molar-refractivity contribution in [2.24, 2.45) is 0 Å². The third-order valence-electron chi connectivity index (χ3n) is 4.21. The third kappa shape index (κ3) is 2.59. The lowest BCUT2D eigenvalue weighted by Gasteiger charge is -2.11. The van der Waals surface area contributed by atoms with Crippen molar-refractivity contribution in [3.05, 3.63) is 70.9 Å². The highest BCUT2D eigenvalue weighted by Gasteiger charge is 2.09. The van der Waals surface area contributed by atoms with E-state index in [1.165, 1.54) is 33.2 Å². The standard InChI is InChI=1S/C19H22N2/c1-14-7-6-8-15(2)18(14)13-21-12-16(11-20-3)17-9-4-5-10-19(17)21/h4-10,12,20H,11,13H2,1-3H3. The van der Waals surface area contributed by atoms with E-state index in [0.717, 1.165) is 13.1 Å². The number of hydrogen-bond acceptors (Lipinski definition) is 1. The molecule has 0 aliphatic heterocycles. The van der Waals surface area contributed by atoms with Crippen LogP contribution in [0.5, 0.6) is 0 Å². The van der Waals surface area contributed by atoms with Gasteiger partial charge in [-0.3, -0.25) is 0 Å². The van der Waals surface area contributed by atoms with Gasteiger partial charge in [-0.2, -0.15) is 0 Å². The molecule has 0 aliphatic rings. The molecule has 2 aromatic carbocycles. The maximum atomic E-state index is 3.26. The molecule has 0 amide bonds. The summed E-state index contributed by atoms with van der Waals surface area (Å²) in [6, 6.07) is 15.2. The molecule has 0 saturated heterocycles. The highest BCUT2D eigenvalue weighted by atomic mass is 15.0. The van der Waals surface area contributed by atoms with Crippen LogP contribution in [0, 0.1) is 13.8 Å². The van der Waals surface area contributed by atoms with Crippen LogP contribution in [0.25, 0.3) is 10.9 Å². The lowest BCUT2D eigenvalue weighted by molar-refractivity contribution is 0.790. The smallest absolute Gasteiger partial charge is 0.0486 e. The van der Waals surface area contributed by atoms with Crippen molar-refractivity contribution < 1.29 is 0 Å². The molecular weight excluding hydrogens is 256 g/mol. The molecule has 0 bridgehead atoms. The minimum atomic E-state index is 0.903. The van der Waals surface area contributed by atoms with Crippen molar-refractivity contribution in [1.82, 2.24) is 9.88 Å². The quantitative estimate of drug-likeness (QED) is 0.762. The second-order valence-corrected chi connectivity index (χ2v) is 5.70. The third-order valence-corrected chi connectivity index (χ3v) is 4.21. The lowest BCUT2D eigenvalue weighted by atomic mass is 10.0. The summed E-state index contributed by atoms with van der Waals surface area (Å²) < 4.78 is 2.37. The molecule has 0 saturated carbocycles. The molecule has 0 spiro atoms. The first-order valence-electron chi connectivity index (χ1n) is 7.47. The number of para-hydroxylation sites is 1. The van der Waals surface area contributed by atoms with E-state index in [-0.39, 0.29) is 0 Å². The number of fused-ring (bicyclic) bond motifs is 1. The molecule has 21 heavy (non-hydrogen) atoms. The van der Waals surface area contributed by atoms with Gasteiger partial charge in [0.25, 0.3) is 0 Å². The number of nitrogens with zero attached hydrogens (tertiary/aromatic N) is 1. The van der Waals surface area contributed by atoms with Crippen LogP contribution in [0.2, 0.25) is 0 Å². The van der Waals surface area contributed by atoms with E-state index in [1.54, 1.807) is 0 Å². The Labute approximate surface area is 126 Å². The van der Waals surface area contributed by atoms with Crippen LogP contribution in [0.1, 0.15) is 22.3 Å². The van der Waals surface area contributed by atoms with Crippen LogP contribution in [0.15, 0.2) is 48.7 Å². The van der Waals surface area contributed by atoms with Crippen LogP contribution in [-0.4, -0.2) is 11.6 Å². The molecular formula is C19H22N2. The van der Waals surface area contributed by atoms with Crippen molar-refractivity contribution >= 4 is 10.9 Å².